The number of hydrogen-bond acceptors (Lipinski definition) is 8. The second-order valence-electron chi connectivity index (χ2n) is 8.08. The SMILES string of the molecule is COc1ccc2nc(N(CCCN3CCOCC3)C(=O)/C=C/c3ccc(OC)c(OC)c3)sc2c1. The van der Waals surface area contributed by atoms with Gasteiger partial charge in [0.05, 0.1) is 44.8 Å². The van der Waals surface area contributed by atoms with Crippen molar-refractivity contribution in [2.75, 3.05) is 65.6 Å². The first-order valence-corrected chi connectivity index (χ1v) is 12.4. The van der Waals surface area contributed by atoms with Crippen LogP contribution in [0.25, 0.3) is 16.3 Å². The van der Waals surface area contributed by atoms with Gasteiger partial charge in [-0.25, -0.2) is 4.98 Å². The lowest BCUT2D eigenvalue weighted by Crippen LogP contribution is -2.39. The molecule has 0 aliphatic carbocycles. The van der Waals surface area contributed by atoms with Gasteiger partial charge in [0.2, 0.25) is 0 Å². The van der Waals surface area contributed by atoms with Crippen LogP contribution >= 0.6 is 11.3 Å². The Kier molecular flexibility index (Phi) is 8.57. The molecule has 8 nitrogen and oxygen atoms in total. The predicted molar refractivity (Wildman–Crippen MR) is 139 cm³/mol. The Morgan fingerprint density at radius 2 is 1.89 bits per heavy atom. The molecule has 1 saturated heterocycles. The molecular formula is C26H31N3O5S. The molecule has 1 aliphatic rings. The third kappa shape index (κ3) is 6.30. The Balaban J connectivity index is 1.54. The second-order valence-corrected chi connectivity index (χ2v) is 9.08. The lowest BCUT2D eigenvalue weighted by molar-refractivity contribution is -0.114. The fourth-order valence-electron chi connectivity index (χ4n) is 3.93. The molecule has 2 heterocycles. The summed E-state index contributed by atoms with van der Waals surface area (Å²) in [6, 6.07) is 11.3. The molecule has 0 saturated carbocycles. The highest BCUT2D eigenvalue weighted by molar-refractivity contribution is 7.22. The van der Waals surface area contributed by atoms with E-state index in [4.69, 9.17) is 23.9 Å². The summed E-state index contributed by atoms with van der Waals surface area (Å²) in [5.74, 6) is 1.91. The standard InChI is InChI=1S/C26H31N3O5S/c1-31-20-7-8-21-24(18-20)35-26(27-21)29(12-4-11-28-13-15-34-16-14-28)25(30)10-6-19-5-9-22(32-2)23(17-19)33-3/h5-10,17-18H,4,11-16H2,1-3H3/b10-6+. The van der Waals surface area contributed by atoms with Gasteiger partial charge in [-0.1, -0.05) is 17.4 Å². The molecule has 1 amide bonds. The number of morpholine rings is 1. The maximum atomic E-state index is 13.4. The van der Waals surface area contributed by atoms with Crippen LogP contribution in [0.4, 0.5) is 5.13 Å². The lowest BCUT2D eigenvalue weighted by atomic mass is 10.2. The second kappa shape index (κ2) is 12.0. The van der Waals surface area contributed by atoms with E-state index in [9.17, 15) is 4.79 Å². The Bertz CT molecular complexity index is 1170. The summed E-state index contributed by atoms with van der Waals surface area (Å²) in [4.78, 5) is 22.2. The number of amides is 1. The van der Waals surface area contributed by atoms with E-state index in [0.717, 1.165) is 60.8 Å². The zero-order valence-electron chi connectivity index (χ0n) is 20.4. The van der Waals surface area contributed by atoms with Crippen LogP contribution in [-0.2, 0) is 9.53 Å². The Hall–Kier alpha value is -3.14. The first-order valence-electron chi connectivity index (χ1n) is 11.6. The van der Waals surface area contributed by atoms with Crippen molar-refractivity contribution in [3.8, 4) is 17.2 Å². The number of hydrogen-bond donors (Lipinski definition) is 0. The summed E-state index contributed by atoms with van der Waals surface area (Å²) in [7, 11) is 4.83. The fraction of sp³-hybridized carbons (Fsp3) is 0.385. The van der Waals surface area contributed by atoms with E-state index < -0.39 is 0 Å². The van der Waals surface area contributed by atoms with E-state index in [1.165, 1.54) is 11.3 Å². The third-order valence-corrected chi connectivity index (χ3v) is 6.91. The van der Waals surface area contributed by atoms with Crippen molar-refractivity contribution in [1.82, 2.24) is 9.88 Å². The van der Waals surface area contributed by atoms with Crippen LogP contribution in [0, 0.1) is 0 Å². The van der Waals surface area contributed by atoms with Crippen molar-refractivity contribution < 1.29 is 23.7 Å². The predicted octanol–water partition coefficient (Wildman–Crippen LogP) is 4.09. The molecule has 0 radical (unpaired) electrons. The van der Waals surface area contributed by atoms with E-state index in [1.54, 1.807) is 38.4 Å². The minimum absolute atomic E-state index is 0.118. The van der Waals surface area contributed by atoms with Crippen molar-refractivity contribution >= 4 is 38.7 Å². The zero-order valence-corrected chi connectivity index (χ0v) is 21.2. The zero-order chi connectivity index (χ0) is 24.6. The number of nitrogens with zero attached hydrogens (tertiary/aromatic N) is 3. The van der Waals surface area contributed by atoms with Gasteiger partial charge in [-0.2, -0.15) is 0 Å². The third-order valence-electron chi connectivity index (χ3n) is 5.87. The van der Waals surface area contributed by atoms with Crippen molar-refractivity contribution in [2.45, 2.75) is 6.42 Å². The van der Waals surface area contributed by atoms with Gasteiger partial charge < -0.3 is 18.9 Å². The number of carbonyl (C=O) groups is 1. The molecule has 1 aromatic heterocycles. The maximum absolute atomic E-state index is 13.4. The van der Waals surface area contributed by atoms with Gasteiger partial charge >= 0.3 is 0 Å². The number of carbonyl (C=O) groups excluding carboxylic acids is 1. The Morgan fingerprint density at radius 1 is 1.09 bits per heavy atom. The van der Waals surface area contributed by atoms with Crippen LogP contribution in [0.1, 0.15) is 12.0 Å². The van der Waals surface area contributed by atoms with E-state index in [-0.39, 0.29) is 5.91 Å². The van der Waals surface area contributed by atoms with Crippen LogP contribution in [-0.4, -0.2) is 76.5 Å². The van der Waals surface area contributed by atoms with Crippen LogP contribution in [0.2, 0.25) is 0 Å². The van der Waals surface area contributed by atoms with Crippen LogP contribution in [0.5, 0.6) is 17.2 Å². The molecule has 186 valence electrons. The number of rotatable bonds is 10. The largest absolute Gasteiger partial charge is 0.497 e. The van der Waals surface area contributed by atoms with Crippen LogP contribution in [0.3, 0.4) is 0 Å². The molecule has 2 aromatic carbocycles. The quantitative estimate of drug-likeness (QED) is 0.391. The number of anilines is 1. The monoisotopic (exact) mass is 497 g/mol. The Labute approximate surface area is 209 Å². The summed E-state index contributed by atoms with van der Waals surface area (Å²) in [6.07, 6.45) is 4.22. The molecular weight excluding hydrogens is 466 g/mol. The molecule has 0 bridgehead atoms. The van der Waals surface area contributed by atoms with Gasteiger partial charge in [0.25, 0.3) is 5.91 Å². The number of aromatic nitrogens is 1. The average molecular weight is 498 g/mol. The number of fused-ring (bicyclic) bond motifs is 1. The van der Waals surface area contributed by atoms with Gasteiger partial charge in [0.1, 0.15) is 5.75 Å². The number of ether oxygens (including phenoxy) is 4. The van der Waals surface area contributed by atoms with E-state index in [1.807, 2.05) is 36.4 Å². The number of benzene rings is 2. The molecule has 35 heavy (non-hydrogen) atoms. The minimum Gasteiger partial charge on any atom is -0.497 e. The topological polar surface area (TPSA) is 73.4 Å². The van der Waals surface area contributed by atoms with Crippen molar-refractivity contribution in [3.05, 3.63) is 48.0 Å². The minimum atomic E-state index is -0.118. The first kappa shape index (κ1) is 25.0. The summed E-state index contributed by atoms with van der Waals surface area (Å²) in [5.41, 5.74) is 1.69. The lowest BCUT2D eigenvalue weighted by Gasteiger charge is -2.27. The van der Waals surface area contributed by atoms with Gasteiger partial charge in [0, 0.05) is 32.3 Å². The number of thiazole rings is 1. The van der Waals surface area contributed by atoms with Gasteiger partial charge in [0.15, 0.2) is 16.6 Å². The summed E-state index contributed by atoms with van der Waals surface area (Å²) < 4.78 is 22.4. The molecule has 9 heteroatoms. The van der Waals surface area contributed by atoms with Crippen molar-refractivity contribution in [1.29, 1.82) is 0 Å². The molecule has 3 aromatic rings. The summed E-state index contributed by atoms with van der Waals surface area (Å²) >= 11 is 1.49. The highest BCUT2D eigenvalue weighted by atomic mass is 32.1. The summed E-state index contributed by atoms with van der Waals surface area (Å²) in [5, 5.41) is 0.678. The van der Waals surface area contributed by atoms with E-state index >= 15 is 0 Å². The molecule has 1 aliphatic heterocycles. The highest BCUT2D eigenvalue weighted by Gasteiger charge is 2.19. The van der Waals surface area contributed by atoms with Crippen molar-refractivity contribution in [3.63, 3.8) is 0 Å². The maximum Gasteiger partial charge on any atom is 0.252 e. The molecule has 4 rings (SSSR count). The smallest absolute Gasteiger partial charge is 0.252 e. The first-order chi connectivity index (χ1) is 17.1. The highest BCUT2D eigenvalue weighted by Crippen LogP contribution is 2.32. The average Bonchev–Trinajstić information content (AvgIpc) is 3.33. The van der Waals surface area contributed by atoms with Crippen LogP contribution < -0.4 is 19.1 Å². The van der Waals surface area contributed by atoms with Gasteiger partial charge in [-0.15, -0.1) is 0 Å². The molecule has 1 fully saturated rings. The van der Waals surface area contributed by atoms with Gasteiger partial charge in [-0.05, 0) is 48.4 Å². The van der Waals surface area contributed by atoms with Gasteiger partial charge in [-0.3, -0.25) is 14.6 Å². The van der Waals surface area contributed by atoms with E-state index in [2.05, 4.69) is 4.90 Å². The molecule has 0 spiro atoms. The summed E-state index contributed by atoms with van der Waals surface area (Å²) in [6.45, 7) is 4.85. The van der Waals surface area contributed by atoms with Crippen molar-refractivity contribution in [2.24, 2.45) is 0 Å². The Morgan fingerprint density at radius 3 is 2.63 bits per heavy atom. The molecule has 0 atom stereocenters. The normalized spacial score (nSPS) is 14.4. The number of methoxy groups -OCH3 is 3. The van der Waals surface area contributed by atoms with E-state index in [0.29, 0.717) is 23.2 Å². The molecule has 0 N–H and O–H groups in total. The molecule has 0 unspecified atom stereocenters. The van der Waals surface area contributed by atoms with Crippen LogP contribution in [0.15, 0.2) is 42.5 Å². The fourth-order valence-corrected chi connectivity index (χ4v) is 4.95.